The van der Waals surface area contributed by atoms with E-state index < -0.39 is 12.1 Å². The summed E-state index contributed by atoms with van der Waals surface area (Å²) in [4.78, 5) is 30.4. The van der Waals surface area contributed by atoms with Gasteiger partial charge in [-0.15, -0.1) is 0 Å². The lowest BCUT2D eigenvalue weighted by Crippen LogP contribution is -2.39. The number of nitrogens with zero attached hydrogens (tertiary/aromatic N) is 5. The quantitative estimate of drug-likeness (QED) is 0.590. The number of piperidine rings is 1. The summed E-state index contributed by atoms with van der Waals surface area (Å²) in [7, 11) is 0. The Morgan fingerprint density at radius 1 is 1.11 bits per heavy atom. The zero-order valence-corrected chi connectivity index (χ0v) is 18.6. The molecule has 2 aliphatic rings. The lowest BCUT2D eigenvalue weighted by atomic mass is 9.97. The van der Waals surface area contributed by atoms with Crippen LogP contribution in [0.3, 0.4) is 0 Å². The summed E-state index contributed by atoms with van der Waals surface area (Å²) in [6.45, 7) is 4.64. The van der Waals surface area contributed by atoms with Gasteiger partial charge in [-0.2, -0.15) is 18.3 Å². The van der Waals surface area contributed by atoms with E-state index in [4.69, 9.17) is 29.1 Å². The smallest absolute Gasteiger partial charge is 0.475 e. The molecule has 0 radical (unpaired) electrons. The number of rotatable bonds is 3. The number of aliphatic carboxylic acids is 1. The van der Waals surface area contributed by atoms with Gasteiger partial charge in [0.1, 0.15) is 0 Å². The predicted octanol–water partition coefficient (Wildman–Crippen LogP) is 2.81. The van der Waals surface area contributed by atoms with Crippen molar-refractivity contribution < 1.29 is 37.0 Å². The average molecular weight is 495 g/mol. The summed E-state index contributed by atoms with van der Waals surface area (Å²) in [5.74, 6) is -1.49. The number of pyridine rings is 1. The monoisotopic (exact) mass is 495 g/mol. The highest BCUT2D eigenvalue weighted by Crippen LogP contribution is 2.27. The maximum Gasteiger partial charge on any atom is 0.490 e. The Bertz CT molecular complexity index is 1160. The average Bonchev–Trinajstić information content (AvgIpc) is 3.54. The topological polar surface area (TPSA) is 113 Å². The normalized spacial score (nSPS) is 18.8. The molecule has 1 amide bonds. The molecule has 3 aromatic heterocycles. The third-order valence-electron chi connectivity index (χ3n) is 5.76. The van der Waals surface area contributed by atoms with Crippen molar-refractivity contribution in [3.63, 3.8) is 0 Å². The summed E-state index contributed by atoms with van der Waals surface area (Å²) in [5, 5.41) is 11.9. The van der Waals surface area contributed by atoms with Gasteiger partial charge >= 0.3 is 12.1 Å². The first-order valence-electron chi connectivity index (χ1n) is 11.0. The van der Waals surface area contributed by atoms with Crippen molar-refractivity contribution in [3.05, 3.63) is 48.3 Å². The van der Waals surface area contributed by atoms with Crippen molar-refractivity contribution in [2.24, 2.45) is 0 Å². The number of ether oxygens (including phenoxy) is 1. The molecule has 1 N–H and O–H groups in total. The SMILES string of the molecule is O=C(O)C(F)(F)F.O=C(c1ccco1)N1CCCC(c2nc3ccc(N4CCOCC4)cn3n2)C1. The van der Waals surface area contributed by atoms with E-state index in [2.05, 4.69) is 11.0 Å². The number of hydrogen-bond donors (Lipinski definition) is 1. The zero-order valence-electron chi connectivity index (χ0n) is 18.6. The number of carbonyl (C=O) groups is 2. The van der Waals surface area contributed by atoms with E-state index in [9.17, 15) is 18.0 Å². The lowest BCUT2D eigenvalue weighted by Gasteiger charge is -2.30. The second-order valence-corrected chi connectivity index (χ2v) is 8.13. The van der Waals surface area contributed by atoms with Crippen molar-refractivity contribution in [3.8, 4) is 0 Å². The van der Waals surface area contributed by atoms with Crippen molar-refractivity contribution in [2.45, 2.75) is 24.9 Å². The van der Waals surface area contributed by atoms with Gasteiger partial charge < -0.3 is 24.1 Å². The van der Waals surface area contributed by atoms with Crippen molar-refractivity contribution in [2.75, 3.05) is 44.3 Å². The third-order valence-corrected chi connectivity index (χ3v) is 5.76. The van der Waals surface area contributed by atoms with Crippen LogP contribution in [0.2, 0.25) is 0 Å². The Morgan fingerprint density at radius 3 is 2.51 bits per heavy atom. The second kappa shape index (κ2) is 10.3. The lowest BCUT2D eigenvalue weighted by molar-refractivity contribution is -0.192. The highest BCUT2D eigenvalue weighted by atomic mass is 19.4. The van der Waals surface area contributed by atoms with Gasteiger partial charge in [-0.25, -0.2) is 14.3 Å². The molecule has 188 valence electrons. The van der Waals surface area contributed by atoms with Gasteiger partial charge in [0.15, 0.2) is 17.2 Å². The van der Waals surface area contributed by atoms with Crippen LogP contribution in [0.4, 0.5) is 18.9 Å². The van der Waals surface area contributed by atoms with E-state index in [1.165, 1.54) is 6.26 Å². The van der Waals surface area contributed by atoms with E-state index in [1.807, 2.05) is 21.7 Å². The first-order valence-corrected chi connectivity index (χ1v) is 11.0. The minimum absolute atomic E-state index is 0.0620. The molecule has 2 saturated heterocycles. The number of anilines is 1. The molecular formula is C22H24F3N5O5. The first kappa shape index (κ1) is 24.5. The first-order chi connectivity index (χ1) is 16.7. The fraction of sp³-hybridized carbons (Fsp3) is 0.455. The van der Waals surface area contributed by atoms with Gasteiger partial charge in [0.25, 0.3) is 5.91 Å². The number of furan rings is 1. The van der Waals surface area contributed by atoms with Crippen LogP contribution in [0, 0.1) is 0 Å². The number of amides is 1. The molecule has 0 aliphatic carbocycles. The zero-order chi connectivity index (χ0) is 25.0. The summed E-state index contributed by atoms with van der Waals surface area (Å²) >= 11 is 0. The molecule has 0 saturated carbocycles. The number of halogens is 3. The van der Waals surface area contributed by atoms with Crippen molar-refractivity contribution in [1.29, 1.82) is 0 Å². The fourth-order valence-corrected chi connectivity index (χ4v) is 4.00. The Balaban J connectivity index is 0.000000364. The van der Waals surface area contributed by atoms with Gasteiger partial charge in [0.2, 0.25) is 0 Å². The molecule has 13 heteroatoms. The molecule has 10 nitrogen and oxygen atoms in total. The number of aromatic nitrogens is 3. The van der Waals surface area contributed by atoms with Crippen LogP contribution in [-0.4, -0.2) is 82.1 Å². The second-order valence-electron chi connectivity index (χ2n) is 8.13. The Kier molecular flexibility index (Phi) is 7.24. The largest absolute Gasteiger partial charge is 0.490 e. The molecule has 2 fully saturated rings. The predicted molar refractivity (Wildman–Crippen MR) is 116 cm³/mol. The van der Waals surface area contributed by atoms with Gasteiger partial charge in [-0.1, -0.05) is 0 Å². The number of carboxylic acids is 1. The molecule has 5 rings (SSSR count). The minimum Gasteiger partial charge on any atom is -0.475 e. The standard InChI is InChI=1S/C20H23N5O3.C2HF3O2/c26-20(17-4-2-10-28-17)24-7-1-3-15(13-24)19-21-18-6-5-16(14-25(18)22-19)23-8-11-27-12-9-23;3-2(4,5)1(6)7/h2,4-6,10,14-15H,1,3,7-9,11-13H2;(H,6,7). The van der Waals surface area contributed by atoms with Crippen LogP contribution in [0.25, 0.3) is 5.65 Å². The number of hydrogen-bond acceptors (Lipinski definition) is 7. The van der Waals surface area contributed by atoms with Crippen LogP contribution in [-0.2, 0) is 9.53 Å². The van der Waals surface area contributed by atoms with E-state index in [-0.39, 0.29) is 11.8 Å². The summed E-state index contributed by atoms with van der Waals surface area (Å²) < 4.78 is 44.3. The summed E-state index contributed by atoms with van der Waals surface area (Å²) in [5.41, 5.74) is 1.96. The fourth-order valence-electron chi connectivity index (χ4n) is 4.00. The highest BCUT2D eigenvalue weighted by molar-refractivity contribution is 5.91. The minimum atomic E-state index is -5.08. The third kappa shape index (κ3) is 5.91. The highest BCUT2D eigenvalue weighted by Gasteiger charge is 2.38. The molecule has 0 aromatic carbocycles. The van der Waals surface area contributed by atoms with Gasteiger partial charge in [-0.3, -0.25) is 4.79 Å². The molecule has 3 aromatic rings. The van der Waals surface area contributed by atoms with E-state index >= 15 is 0 Å². The Hall–Kier alpha value is -3.61. The number of morpholine rings is 1. The molecule has 5 heterocycles. The number of likely N-dealkylation sites (tertiary alicyclic amines) is 1. The van der Waals surface area contributed by atoms with E-state index in [0.29, 0.717) is 12.3 Å². The number of carboxylic acid groups (broad SMARTS) is 1. The summed E-state index contributed by atoms with van der Waals surface area (Å²) in [6, 6.07) is 7.55. The van der Waals surface area contributed by atoms with Gasteiger partial charge in [0.05, 0.1) is 31.4 Å². The molecule has 2 aliphatic heterocycles. The Morgan fingerprint density at radius 2 is 1.86 bits per heavy atom. The molecule has 0 spiro atoms. The molecule has 35 heavy (non-hydrogen) atoms. The van der Waals surface area contributed by atoms with Crippen LogP contribution >= 0.6 is 0 Å². The maximum atomic E-state index is 12.6. The van der Waals surface area contributed by atoms with Gasteiger partial charge in [0, 0.05) is 32.1 Å². The van der Waals surface area contributed by atoms with Crippen LogP contribution in [0.15, 0.2) is 41.1 Å². The van der Waals surface area contributed by atoms with Crippen LogP contribution < -0.4 is 4.90 Å². The van der Waals surface area contributed by atoms with E-state index in [1.54, 1.807) is 12.1 Å². The molecule has 0 bridgehead atoms. The Labute approximate surface area is 197 Å². The number of alkyl halides is 3. The molecular weight excluding hydrogens is 471 g/mol. The molecule has 1 unspecified atom stereocenters. The van der Waals surface area contributed by atoms with Crippen LogP contribution in [0.5, 0.6) is 0 Å². The van der Waals surface area contributed by atoms with E-state index in [0.717, 1.165) is 62.8 Å². The summed E-state index contributed by atoms with van der Waals surface area (Å²) in [6.07, 6.45) is 0.400. The van der Waals surface area contributed by atoms with Gasteiger partial charge in [-0.05, 0) is 37.1 Å². The number of fused-ring (bicyclic) bond motifs is 1. The molecule has 1 atom stereocenters. The van der Waals surface area contributed by atoms with Crippen LogP contribution in [0.1, 0.15) is 35.1 Å². The van der Waals surface area contributed by atoms with Crippen molar-refractivity contribution in [1.82, 2.24) is 19.5 Å². The maximum absolute atomic E-state index is 12.6. The van der Waals surface area contributed by atoms with Crippen molar-refractivity contribution >= 4 is 23.2 Å². The number of carbonyl (C=O) groups excluding carboxylic acids is 1.